The van der Waals surface area contributed by atoms with E-state index in [0.29, 0.717) is 23.0 Å². The number of thiazole rings is 1. The van der Waals surface area contributed by atoms with Crippen LogP contribution in [0.1, 0.15) is 32.9 Å². The fourth-order valence-electron chi connectivity index (χ4n) is 1.75. The van der Waals surface area contributed by atoms with Crippen LogP contribution in [0, 0.1) is 0 Å². The van der Waals surface area contributed by atoms with Crippen molar-refractivity contribution in [3.63, 3.8) is 0 Å². The van der Waals surface area contributed by atoms with Crippen molar-refractivity contribution in [2.45, 2.75) is 45.3 Å². The lowest BCUT2D eigenvalue weighted by Crippen LogP contribution is -2.46. The van der Waals surface area contributed by atoms with Gasteiger partial charge in [0, 0.05) is 5.38 Å². The highest BCUT2D eigenvalue weighted by molar-refractivity contribution is 7.98. The normalized spacial score (nSPS) is 12.3. The van der Waals surface area contributed by atoms with Crippen LogP contribution in [0.2, 0.25) is 0 Å². The third-order valence-electron chi connectivity index (χ3n) is 2.73. The van der Waals surface area contributed by atoms with Crippen molar-refractivity contribution in [3.8, 4) is 0 Å². The third-order valence-corrected chi connectivity index (χ3v) is 4.18. The molecular weight excluding hydrogens is 366 g/mol. The van der Waals surface area contributed by atoms with Crippen LogP contribution in [0.15, 0.2) is 5.38 Å². The highest BCUT2D eigenvalue weighted by atomic mass is 32.2. The molecule has 1 rings (SSSR count). The molecule has 0 saturated heterocycles. The quantitative estimate of drug-likeness (QED) is 0.624. The minimum Gasteiger partial charge on any atom is -0.481 e. The molecule has 10 heteroatoms. The summed E-state index contributed by atoms with van der Waals surface area (Å²) in [5, 5.41) is 15.8. The maximum absolute atomic E-state index is 12.4. The third kappa shape index (κ3) is 8.73. The number of alkyl carbamates (subject to hydrolysis) is 1. The second-order valence-electron chi connectivity index (χ2n) is 6.18. The molecule has 0 bridgehead atoms. The largest absolute Gasteiger partial charge is 0.481 e. The predicted molar refractivity (Wildman–Crippen MR) is 98.2 cm³/mol. The number of rotatable bonds is 8. The molecule has 140 valence electrons. The van der Waals surface area contributed by atoms with Gasteiger partial charge >= 0.3 is 12.1 Å². The molecule has 25 heavy (non-hydrogen) atoms. The van der Waals surface area contributed by atoms with E-state index in [4.69, 9.17) is 9.84 Å². The number of nitrogens with one attached hydrogen (secondary N) is 2. The molecule has 0 aliphatic rings. The van der Waals surface area contributed by atoms with Crippen LogP contribution in [0.3, 0.4) is 0 Å². The first kappa shape index (κ1) is 21.2. The van der Waals surface area contributed by atoms with E-state index < -0.39 is 29.6 Å². The van der Waals surface area contributed by atoms with E-state index in [1.807, 2.05) is 6.26 Å². The first-order chi connectivity index (χ1) is 11.6. The smallest absolute Gasteiger partial charge is 0.408 e. The van der Waals surface area contributed by atoms with Crippen molar-refractivity contribution in [1.29, 1.82) is 0 Å². The maximum atomic E-state index is 12.4. The minimum atomic E-state index is -0.993. The number of thioether (sulfide) groups is 1. The van der Waals surface area contributed by atoms with Crippen LogP contribution in [0.25, 0.3) is 0 Å². The SMILES string of the molecule is CSCC[C@H](NC(=O)OC(C)(C)C)C(=O)Nc1nc(CC(=O)O)cs1. The molecule has 0 radical (unpaired) electrons. The van der Waals surface area contributed by atoms with Gasteiger partial charge in [0.25, 0.3) is 0 Å². The van der Waals surface area contributed by atoms with Gasteiger partial charge in [0.1, 0.15) is 11.6 Å². The molecule has 3 N–H and O–H groups in total. The number of ether oxygens (including phenoxy) is 1. The van der Waals surface area contributed by atoms with Gasteiger partial charge in [-0.05, 0) is 39.2 Å². The zero-order valence-electron chi connectivity index (χ0n) is 14.6. The number of nitrogens with zero attached hydrogens (tertiary/aromatic N) is 1. The van der Waals surface area contributed by atoms with Gasteiger partial charge in [0.05, 0.1) is 12.1 Å². The molecule has 0 spiro atoms. The maximum Gasteiger partial charge on any atom is 0.408 e. The molecule has 0 fully saturated rings. The molecule has 8 nitrogen and oxygen atoms in total. The molecule has 0 aliphatic heterocycles. The average molecular weight is 389 g/mol. The average Bonchev–Trinajstić information content (AvgIpc) is 2.87. The number of carboxylic acid groups (broad SMARTS) is 1. The van der Waals surface area contributed by atoms with Crippen molar-refractivity contribution >= 4 is 46.2 Å². The van der Waals surface area contributed by atoms with Gasteiger partial charge in [-0.25, -0.2) is 9.78 Å². The first-order valence-corrected chi connectivity index (χ1v) is 9.83. The summed E-state index contributed by atoms with van der Waals surface area (Å²) in [4.78, 5) is 39.1. The van der Waals surface area contributed by atoms with E-state index in [-0.39, 0.29) is 6.42 Å². The number of carboxylic acids is 1. The Bertz CT molecular complexity index is 613. The number of carbonyl (C=O) groups excluding carboxylic acids is 2. The molecule has 1 aromatic rings. The van der Waals surface area contributed by atoms with E-state index >= 15 is 0 Å². The molecular formula is C15H23N3O5S2. The zero-order chi connectivity index (χ0) is 19.0. The van der Waals surface area contributed by atoms with E-state index in [2.05, 4.69) is 15.6 Å². The molecule has 1 heterocycles. The van der Waals surface area contributed by atoms with Crippen molar-refractivity contribution in [3.05, 3.63) is 11.1 Å². The van der Waals surface area contributed by atoms with Gasteiger partial charge in [-0.2, -0.15) is 11.8 Å². The lowest BCUT2D eigenvalue weighted by molar-refractivity contribution is -0.136. The van der Waals surface area contributed by atoms with Crippen LogP contribution >= 0.6 is 23.1 Å². The topological polar surface area (TPSA) is 118 Å². The van der Waals surface area contributed by atoms with E-state index in [1.54, 1.807) is 37.9 Å². The van der Waals surface area contributed by atoms with Gasteiger partial charge in [0.2, 0.25) is 5.91 Å². The van der Waals surface area contributed by atoms with E-state index in [1.165, 1.54) is 0 Å². The van der Waals surface area contributed by atoms with Crippen LogP contribution < -0.4 is 10.6 Å². The van der Waals surface area contributed by atoms with Gasteiger partial charge in [-0.3, -0.25) is 9.59 Å². The summed E-state index contributed by atoms with van der Waals surface area (Å²) in [6, 6.07) is -0.769. The van der Waals surface area contributed by atoms with Crippen molar-refractivity contribution in [1.82, 2.24) is 10.3 Å². The lowest BCUT2D eigenvalue weighted by Gasteiger charge is -2.23. The lowest BCUT2D eigenvalue weighted by atomic mass is 10.2. The van der Waals surface area contributed by atoms with Gasteiger partial charge < -0.3 is 20.5 Å². The molecule has 1 atom stereocenters. The summed E-state index contributed by atoms with van der Waals surface area (Å²) in [6.07, 6.45) is 1.46. The van der Waals surface area contributed by atoms with Crippen LogP contribution in [0.4, 0.5) is 9.93 Å². The fourth-order valence-corrected chi connectivity index (χ4v) is 2.93. The number of amides is 2. The summed E-state index contributed by atoms with van der Waals surface area (Å²) >= 11 is 2.69. The Hall–Kier alpha value is -1.81. The molecule has 0 saturated carbocycles. The monoisotopic (exact) mass is 389 g/mol. The minimum absolute atomic E-state index is 0.210. The molecule has 0 unspecified atom stereocenters. The highest BCUT2D eigenvalue weighted by Gasteiger charge is 2.24. The second kappa shape index (κ2) is 9.62. The first-order valence-electron chi connectivity index (χ1n) is 7.56. The van der Waals surface area contributed by atoms with Gasteiger partial charge in [-0.1, -0.05) is 0 Å². The second-order valence-corrected chi connectivity index (χ2v) is 8.03. The Morgan fingerprint density at radius 2 is 2.08 bits per heavy atom. The predicted octanol–water partition coefficient (Wildman–Crippen LogP) is 2.36. The van der Waals surface area contributed by atoms with Crippen molar-refractivity contribution < 1.29 is 24.2 Å². The molecule has 2 amide bonds. The Morgan fingerprint density at radius 3 is 2.64 bits per heavy atom. The summed E-state index contributed by atoms with van der Waals surface area (Å²) in [5.41, 5.74) is -0.292. The Morgan fingerprint density at radius 1 is 1.40 bits per heavy atom. The van der Waals surface area contributed by atoms with Gasteiger partial charge in [-0.15, -0.1) is 11.3 Å². The highest BCUT2D eigenvalue weighted by Crippen LogP contribution is 2.17. The number of hydrogen-bond acceptors (Lipinski definition) is 7. The molecule has 1 aromatic heterocycles. The summed E-state index contributed by atoms with van der Waals surface area (Å²) in [7, 11) is 0. The molecule has 0 aliphatic carbocycles. The zero-order valence-corrected chi connectivity index (χ0v) is 16.3. The summed E-state index contributed by atoms with van der Waals surface area (Å²) in [5.74, 6) is -0.737. The van der Waals surface area contributed by atoms with Crippen molar-refractivity contribution in [2.75, 3.05) is 17.3 Å². The Balaban J connectivity index is 2.70. The Kier molecular flexibility index (Phi) is 8.17. The number of aliphatic carboxylic acids is 1. The number of anilines is 1. The molecule has 0 aromatic carbocycles. The van der Waals surface area contributed by atoms with E-state index in [0.717, 1.165) is 11.3 Å². The number of carbonyl (C=O) groups is 3. The summed E-state index contributed by atoms with van der Waals surface area (Å²) < 4.78 is 5.18. The van der Waals surface area contributed by atoms with E-state index in [9.17, 15) is 14.4 Å². The number of aromatic nitrogens is 1. The van der Waals surface area contributed by atoms with Crippen LogP contribution in [0.5, 0.6) is 0 Å². The van der Waals surface area contributed by atoms with Gasteiger partial charge in [0.15, 0.2) is 5.13 Å². The van der Waals surface area contributed by atoms with Crippen molar-refractivity contribution in [2.24, 2.45) is 0 Å². The number of hydrogen-bond donors (Lipinski definition) is 3. The Labute approximate surface area is 154 Å². The summed E-state index contributed by atoms with van der Waals surface area (Å²) in [6.45, 7) is 5.22. The van der Waals surface area contributed by atoms with Crippen LogP contribution in [-0.2, 0) is 20.7 Å². The standard InChI is InChI=1S/C15H23N3O5S2/c1-15(2,3)23-14(22)17-10(5-6-24-4)12(21)18-13-16-9(8-25-13)7-11(19)20/h8,10H,5-7H2,1-4H3,(H,17,22)(H,19,20)(H,16,18,21)/t10-/m0/s1. The fraction of sp³-hybridized carbons (Fsp3) is 0.600. The van der Waals surface area contributed by atoms with Crippen LogP contribution in [-0.4, -0.2) is 51.7 Å².